The van der Waals surface area contributed by atoms with E-state index >= 15 is 0 Å². The van der Waals surface area contributed by atoms with Gasteiger partial charge in [-0.05, 0) is 86.1 Å². The summed E-state index contributed by atoms with van der Waals surface area (Å²) in [7, 11) is 0. The van der Waals surface area contributed by atoms with Crippen LogP contribution in [0.2, 0.25) is 0 Å². The number of aliphatic hydroxyl groups is 1. The molecule has 0 atom stereocenters. The fourth-order valence-electron chi connectivity index (χ4n) is 7.44. The van der Waals surface area contributed by atoms with Gasteiger partial charge in [0.05, 0.1) is 16.8 Å². The number of rotatable bonds is 10. The quantitative estimate of drug-likeness (QED) is 0.0636. The summed E-state index contributed by atoms with van der Waals surface area (Å²) in [5.74, 6) is 1.27. The van der Waals surface area contributed by atoms with Crippen LogP contribution in [0.25, 0.3) is 66.3 Å². The first-order valence-electron chi connectivity index (χ1n) is 20.2. The third-order valence-electron chi connectivity index (χ3n) is 12.3. The Bertz CT molecular complexity index is 2590. The number of aryl methyl sites for hydroxylation is 3. The van der Waals surface area contributed by atoms with E-state index in [-0.39, 0.29) is 48.4 Å². The Balaban J connectivity index is 0.000000295. The van der Waals surface area contributed by atoms with Crippen LogP contribution < -0.4 is 0 Å². The van der Waals surface area contributed by atoms with E-state index in [2.05, 4.69) is 107 Å². The van der Waals surface area contributed by atoms with Crippen LogP contribution in [0.4, 0.5) is 0 Å². The predicted octanol–water partition coefficient (Wildman–Crippen LogP) is 13.9. The number of ketones is 1. The molecular formula is C50H56IrN3O3-. The number of aliphatic hydroxyl groups excluding tert-OH is 1. The number of benzene rings is 4. The smallest absolute Gasteiger partial charge is 0.216 e. The van der Waals surface area contributed by atoms with Crippen molar-refractivity contribution in [1.82, 2.24) is 15.0 Å². The molecule has 1 radical (unpaired) electrons. The SMILES string of the molecule is CCC(C)(CC)C(=O)/C=C(\O)C(C)(CC)CC.Cc1cccc(C)c1-c1ccc2c(n1)oc1c(-c3nc(C(C)C)nc4c3cc(C)c3ccccc34)[c-]ccc12.[Ir]. The minimum absolute atomic E-state index is 0. The topological polar surface area (TPSA) is 89.1 Å². The molecule has 0 bridgehead atoms. The average Bonchev–Trinajstić information content (AvgIpc) is 3.58. The number of hydrogen-bond acceptors (Lipinski definition) is 6. The normalized spacial score (nSPS) is 12.3. The second-order valence-electron chi connectivity index (χ2n) is 16.2. The summed E-state index contributed by atoms with van der Waals surface area (Å²) in [6, 6.07) is 28.7. The van der Waals surface area contributed by atoms with E-state index in [1.807, 2.05) is 47.6 Å². The molecule has 299 valence electrons. The van der Waals surface area contributed by atoms with Gasteiger partial charge in [0.15, 0.2) is 5.78 Å². The molecule has 0 aliphatic carbocycles. The van der Waals surface area contributed by atoms with Gasteiger partial charge in [-0.1, -0.05) is 115 Å². The Kier molecular flexibility index (Phi) is 13.3. The zero-order valence-corrected chi connectivity index (χ0v) is 37.7. The van der Waals surface area contributed by atoms with E-state index in [4.69, 9.17) is 19.4 Å². The van der Waals surface area contributed by atoms with Gasteiger partial charge in [-0.2, -0.15) is 0 Å². The van der Waals surface area contributed by atoms with Gasteiger partial charge in [0.2, 0.25) is 5.71 Å². The molecule has 0 fully saturated rings. The largest absolute Gasteiger partial charge is 0.512 e. The molecule has 0 spiro atoms. The average molecular weight is 939 g/mol. The van der Waals surface area contributed by atoms with Crippen LogP contribution >= 0.6 is 0 Å². The fraction of sp³-hybridized carbons (Fsp3) is 0.360. The van der Waals surface area contributed by atoms with E-state index in [1.165, 1.54) is 28.2 Å². The fourth-order valence-corrected chi connectivity index (χ4v) is 7.44. The van der Waals surface area contributed by atoms with Gasteiger partial charge >= 0.3 is 0 Å². The number of furan rings is 1. The second kappa shape index (κ2) is 17.4. The number of carbonyl (C=O) groups is 1. The number of carbonyl (C=O) groups excluding carboxylic acids is 1. The minimum atomic E-state index is -0.337. The van der Waals surface area contributed by atoms with Gasteiger partial charge < -0.3 is 9.52 Å². The predicted molar refractivity (Wildman–Crippen MR) is 233 cm³/mol. The maximum absolute atomic E-state index is 12.2. The molecule has 0 amide bonds. The van der Waals surface area contributed by atoms with Crippen LogP contribution in [0.3, 0.4) is 0 Å². The zero-order valence-electron chi connectivity index (χ0n) is 35.4. The van der Waals surface area contributed by atoms with Gasteiger partial charge in [0.1, 0.15) is 11.6 Å². The summed E-state index contributed by atoms with van der Waals surface area (Å²) in [5, 5.41) is 15.5. The first-order valence-corrected chi connectivity index (χ1v) is 20.2. The first-order chi connectivity index (χ1) is 26.7. The third kappa shape index (κ3) is 8.20. The molecule has 4 aromatic carbocycles. The number of allylic oxidation sites excluding steroid dienone is 2. The summed E-state index contributed by atoms with van der Waals surface area (Å²) >= 11 is 0. The summed E-state index contributed by atoms with van der Waals surface area (Å²) < 4.78 is 6.54. The standard InChI is InChI=1S/C35H28N3O.C15H28O2.Ir/c1-19(2)34-37-31-24-13-7-6-12-23(24)22(5)18-28(31)32(38-34)27-15-9-14-25-26-16-17-29(36-35(26)39-33(25)27)30-20(3)10-8-11-21(30)4;1-7-14(5,8-2)12(16)11-13(17)15(6,9-3)10-4;/h6-14,16-19H,1-5H3;11,16H,7-10H2,1-6H3;/q-1;;/b;12-11-;. The molecular weight excluding hydrogens is 883 g/mol. The van der Waals surface area contributed by atoms with Gasteiger partial charge in [-0.25, -0.2) is 9.97 Å². The first kappa shape index (κ1) is 43.4. The third-order valence-corrected chi connectivity index (χ3v) is 12.3. The van der Waals surface area contributed by atoms with E-state index in [9.17, 15) is 9.90 Å². The van der Waals surface area contributed by atoms with Gasteiger partial charge in [0.25, 0.3) is 0 Å². The molecule has 0 saturated carbocycles. The molecule has 57 heavy (non-hydrogen) atoms. The number of fused-ring (bicyclic) bond motifs is 6. The van der Waals surface area contributed by atoms with Crippen LogP contribution in [-0.2, 0) is 24.9 Å². The maximum atomic E-state index is 12.2. The van der Waals surface area contributed by atoms with Crippen LogP contribution in [0.5, 0.6) is 0 Å². The Morgan fingerprint density at radius 3 is 2.00 bits per heavy atom. The summed E-state index contributed by atoms with van der Waals surface area (Å²) in [6.07, 6.45) is 4.75. The molecule has 0 unspecified atom stereocenters. The number of nitrogens with zero attached hydrogens (tertiary/aromatic N) is 3. The molecule has 0 saturated heterocycles. The Labute approximate surface area is 351 Å². The number of pyridine rings is 1. The molecule has 7 rings (SSSR count). The van der Waals surface area contributed by atoms with Crippen molar-refractivity contribution in [3.05, 3.63) is 113 Å². The molecule has 7 aromatic rings. The number of hydrogen-bond donors (Lipinski definition) is 1. The van der Waals surface area contributed by atoms with Crippen LogP contribution in [0.15, 0.2) is 89.0 Å². The van der Waals surface area contributed by atoms with Crippen molar-refractivity contribution in [1.29, 1.82) is 0 Å². The monoisotopic (exact) mass is 939 g/mol. The zero-order chi connectivity index (χ0) is 40.5. The van der Waals surface area contributed by atoms with E-state index < -0.39 is 0 Å². The van der Waals surface area contributed by atoms with Crippen molar-refractivity contribution in [2.75, 3.05) is 0 Å². The van der Waals surface area contributed by atoms with Gasteiger partial charge in [0, 0.05) is 65.0 Å². The summed E-state index contributed by atoms with van der Waals surface area (Å²) in [5.41, 5.74) is 9.06. The second-order valence-corrected chi connectivity index (χ2v) is 16.2. The van der Waals surface area contributed by atoms with Crippen LogP contribution in [0, 0.1) is 37.7 Å². The molecule has 0 aliphatic heterocycles. The molecule has 7 heteroatoms. The van der Waals surface area contributed by atoms with Crippen LogP contribution in [-0.4, -0.2) is 25.8 Å². The Morgan fingerprint density at radius 1 is 0.754 bits per heavy atom. The Morgan fingerprint density at radius 2 is 1.39 bits per heavy atom. The van der Waals surface area contributed by atoms with Crippen molar-refractivity contribution in [3.8, 4) is 22.5 Å². The van der Waals surface area contributed by atoms with Gasteiger partial charge in [-0.3, -0.25) is 9.78 Å². The summed E-state index contributed by atoms with van der Waals surface area (Å²) in [4.78, 5) is 27.3. The van der Waals surface area contributed by atoms with Crippen molar-refractivity contribution in [3.63, 3.8) is 0 Å². The van der Waals surface area contributed by atoms with Crippen molar-refractivity contribution in [2.24, 2.45) is 10.8 Å². The molecule has 6 nitrogen and oxygen atoms in total. The van der Waals surface area contributed by atoms with Crippen molar-refractivity contribution >= 4 is 49.5 Å². The van der Waals surface area contributed by atoms with Gasteiger partial charge in [-0.15, -0.1) is 18.2 Å². The molecule has 3 heterocycles. The van der Waals surface area contributed by atoms with E-state index in [1.54, 1.807) is 0 Å². The van der Waals surface area contributed by atoms with E-state index in [0.29, 0.717) is 5.71 Å². The van der Waals surface area contributed by atoms with Crippen LogP contribution in [0.1, 0.15) is 110 Å². The van der Waals surface area contributed by atoms with Crippen molar-refractivity contribution < 1.29 is 34.4 Å². The Hall–Kier alpha value is -4.71. The minimum Gasteiger partial charge on any atom is -0.512 e. The molecule has 0 aliphatic rings. The van der Waals surface area contributed by atoms with Crippen molar-refractivity contribution in [2.45, 2.75) is 108 Å². The number of aromatic nitrogens is 3. The molecule has 1 N–H and O–H groups in total. The summed E-state index contributed by atoms with van der Waals surface area (Å²) in [6.45, 7) is 22.7. The molecule has 3 aromatic heterocycles. The van der Waals surface area contributed by atoms with E-state index in [0.717, 1.165) is 86.7 Å². The maximum Gasteiger partial charge on any atom is 0.216 e.